The second kappa shape index (κ2) is 3.46. The van der Waals surface area contributed by atoms with Gasteiger partial charge in [-0.1, -0.05) is 6.42 Å². The van der Waals surface area contributed by atoms with Gasteiger partial charge in [0.05, 0.1) is 5.92 Å². The van der Waals surface area contributed by atoms with E-state index in [1.807, 2.05) is 0 Å². The minimum absolute atomic E-state index is 0.00694. The highest BCUT2D eigenvalue weighted by atomic mass is 19.4. The minimum atomic E-state index is -4.11. The van der Waals surface area contributed by atoms with Gasteiger partial charge in [-0.3, -0.25) is 0 Å². The number of rotatable bonds is 1. The van der Waals surface area contributed by atoms with E-state index in [9.17, 15) is 18.0 Å². The number of hydrogen-bond donors (Lipinski definition) is 0. The Hall–Kier alpha value is -0.540. The maximum Gasteiger partial charge on any atom is 0.391 e. The fraction of sp³-hybridized carbons (Fsp3) is 0.875. The van der Waals surface area contributed by atoms with Gasteiger partial charge in [0.2, 0.25) is 0 Å². The Morgan fingerprint density at radius 2 is 1.92 bits per heavy atom. The van der Waals surface area contributed by atoms with Crippen LogP contribution in [0.2, 0.25) is 0 Å². The molecule has 0 heterocycles. The molecule has 1 fully saturated rings. The molecule has 0 amide bonds. The zero-order chi connectivity index (χ0) is 9.19. The molecular formula is C8H11F3O. The van der Waals surface area contributed by atoms with Crippen molar-refractivity contribution in [3.05, 3.63) is 0 Å². The molecule has 1 aliphatic carbocycles. The summed E-state index contributed by atoms with van der Waals surface area (Å²) < 4.78 is 36.4. The van der Waals surface area contributed by atoms with Crippen LogP contribution in [-0.4, -0.2) is 12.5 Å². The van der Waals surface area contributed by atoms with Gasteiger partial charge < -0.3 is 4.79 Å². The van der Waals surface area contributed by atoms with Crippen LogP contribution in [0.3, 0.4) is 0 Å². The van der Waals surface area contributed by atoms with E-state index in [4.69, 9.17) is 0 Å². The van der Waals surface area contributed by atoms with Crippen LogP contribution in [0.4, 0.5) is 13.2 Å². The summed E-state index contributed by atoms with van der Waals surface area (Å²) in [5, 5.41) is 0. The number of halogens is 3. The molecule has 0 aromatic rings. The number of carbonyl (C=O) groups excluding carboxylic acids is 1. The second-order valence-corrected chi connectivity index (χ2v) is 3.30. The van der Waals surface area contributed by atoms with E-state index >= 15 is 0 Å². The highest BCUT2D eigenvalue weighted by molar-refractivity contribution is 5.53. The first-order valence-corrected chi connectivity index (χ1v) is 4.06. The van der Waals surface area contributed by atoms with Crippen LogP contribution in [0.25, 0.3) is 0 Å². The van der Waals surface area contributed by atoms with Gasteiger partial charge in [0.15, 0.2) is 0 Å². The predicted octanol–water partition coefficient (Wildman–Crippen LogP) is 2.55. The zero-order valence-electron chi connectivity index (χ0n) is 6.60. The summed E-state index contributed by atoms with van der Waals surface area (Å²) in [7, 11) is 0. The first kappa shape index (κ1) is 9.55. The summed E-state index contributed by atoms with van der Waals surface area (Å²) in [6.07, 6.45) is -2.13. The van der Waals surface area contributed by atoms with Gasteiger partial charge in [-0.2, -0.15) is 13.2 Å². The van der Waals surface area contributed by atoms with Crippen molar-refractivity contribution < 1.29 is 18.0 Å². The van der Waals surface area contributed by atoms with E-state index in [1.165, 1.54) is 0 Å². The summed E-state index contributed by atoms with van der Waals surface area (Å²) in [6.45, 7) is 0. The average molecular weight is 180 g/mol. The predicted molar refractivity (Wildman–Crippen MR) is 37.6 cm³/mol. The summed E-state index contributed by atoms with van der Waals surface area (Å²) >= 11 is 0. The van der Waals surface area contributed by atoms with Crippen molar-refractivity contribution in [1.29, 1.82) is 0 Å². The van der Waals surface area contributed by atoms with Gasteiger partial charge in [0.1, 0.15) is 6.29 Å². The van der Waals surface area contributed by atoms with Crippen molar-refractivity contribution in [3.63, 3.8) is 0 Å². The monoisotopic (exact) mass is 180 g/mol. The normalized spacial score (nSPS) is 31.6. The van der Waals surface area contributed by atoms with Crippen LogP contribution in [0, 0.1) is 11.8 Å². The summed E-state index contributed by atoms with van der Waals surface area (Å²) in [5.74, 6) is -1.62. The lowest BCUT2D eigenvalue weighted by molar-refractivity contribution is -0.185. The molecule has 0 aliphatic heterocycles. The molecule has 70 valence electrons. The number of alkyl halides is 3. The zero-order valence-corrected chi connectivity index (χ0v) is 6.60. The van der Waals surface area contributed by atoms with E-state index in [0.717, 1.165) is 0 Å². The van der Waals surface area contributed by atoms with Crippen LogP contribution >= 0.6 is 0 Å². The molecule has 0 aromatic heterocycles. The van der Waals surface area contributed by atoms with Crippen molar-refractivity contribution in [2.45, 2.75) is 31.9 Å². The Labute approximate surface area is 68.9 Å². The van der Waals surface area contributed by atoms with Gasteiger partial charge >= 0.3 is 6.18 Å². The van der Waals surface area contributed by atoms with Gasteiger partial charge in [0, 0.05) is 5.92 Å². The molecule has 1 rings (SSSR count). The van der Waals surface area contributed by atoms with Crippen molar-refractivity contribution in [2.24, 2.45) is 11.8 Å². The Morgan fingerprint density at radius 3 is 2.42 bits per heavy atom. The van der Waals surface area contributed by atoms with Gasteiger partial charge in [-0.25, -0.2) is 0 Å². The molecule has 0 bridgehead atoms. The van der Waals surface area contributed by atoms with E-state index in [-0.39, 0.29) is 18.8 Å². The molecule has 0 aromatic carbocycles. The second-order valence-electron chi connectivity index (χ2n) is 3.30. The molecule has 0 N–H and O–H groups in total. The molecular weight excluding hydrogens is 169 g/mol. The summed E-state index contributed by atoms with van der Waals surface area (Å²) in [6, 6.07) is 0. The first-order chi connectivity index (χ1) is 5.54. The van der Waals surface area contributed by atoms with Crippen molar-refractivity contribution in [2.75, 3.05) is 0 Å². The van der Waals surface area contributed by atoms with Gasteiger partial charge in [0.25, 0.3) is 0 Å². The van der Waals surface area contributed by atoms with E-state index in [1.54, 1.807) is 0 Å². The highest BCUT2D eigenvalue weighted by Crippen LogP contribution is 2.39. The standard InChI is InChI=1S/C8H11F3O/c9-8(10,11)7-3-1-2-6(4-7)5-12/h5-7H,1-4H2/t6-,7+/m0/s1. The van der Waals surface area contributed by atoms with Crippen LogP contribution in [-0.2, 0) is 4.79 Å². The van der Waals surface area contributed by atoms with Crippen LogP contribution in [0.15, 0.2) is 0 Å². The molecule has 1 saturated carbocycles. The maximum atomic E-state index is 12.1. The molecule has 1 aliphatic rings. The molecule has 1 nitrogen and oxygen atoms in total. The number of aldehydes is 1. The first-order valence-electron chi connectivity index (χ1n) is 4.06. The average Bonchev–Trinajstić information content (AvgIpc) is 2.03. The van der Waals surface area contributed by atoms with Gasteiger partial charge in [-0.05, 0) is 19.3 Å². The Morgan fingerprint density at radius 1 is 1.25 bits per heavy atom. The van der Waals surface area contributed by atoms with E-state index in [2.05, 4.69) is 0 Å². The van der Waals surface area contributed by atoms with Crippen LogP contribution < -0.4 is 0 Å². The van der Waals surface area contributed by atoms with Crippen molar-refractivity contribution in [1.82, 2.24) is 0 Å². The Kier molecular flexibility index (Phi) is 2.75. The lowest BCUT2D eigenvalue weighted by atomic mass is 9.82. The fourth-order valence-electron chi connectivity index (χ4n) is 1.65. The number of hydrogen-bond acceptors (Lipinski definition) is 1. The third kappa shape index (κ3) is 2.22. The largest absolute Gasteiger partial charge is 0.391 e. The number of carbonyl (C=O) groups is 1. The summed E-state index contributed by atoms with van der Waals surface area (Å²) in [4.78, 5) is 10.3. The molecule has 4 heteroatoms. The quantitative estimate of drug-likeness (QED) is 0.567. The molecule has 0 spiro atoms. The molecule has 0 unspecified atom stereocenters. The summed E-state index contributed by atoms with van der Waals surface area (Å²) in [5.41, 5.74) is 0. The fourth-order valence-corrected chi connectivity index (χ4v) is 1.65. The highest BCUT2D eigenvalue weighted by Gasteiger charge is 2.41. The lowest BCUT2D eigenvalue weighted by Gasteiger charge is -2.27. The molecule has 0 saturated heterocycles. The van der Waals surface area contributed by atoms with Gasteiger partial charge in [-0.15, -0.1) is 0 Å². The minimum Gasteiger partial charge on any atom is -0.303 e. The smallest absolute Gasteiger partial charge is 0.303 e. The van der Waals surface area contributed by atoms with Crippen LogP contribution in [0.1, 0.15) is 25.7 Å². The molecule has 2 atom stereocenters. The lowest BCUT2D eigenvalue weighted by Crippen LogP contribution is -2.29. The molecule has 12 heavy (non-hydrogen) atoms. The van der Waals surface area contributed by atoms with Crippen molar-refractivity contribution >= 4 is 6.29 Å². The third-order valence-electron chi connectivity index (χ3n) is 2.37. The van der Waals surface area contributed by atoms with Crippen LogP contribution in [0.5, 0.6) is 0 Å². The Bertz CT molecular complexity index is 164. The van der Waals surface area contributed by atoms with E-state index in [0.29, 0.717) is 19.1 Å². The third-order valence-corrected chi connectivity index (χ3v) is 2.37. The topological polar surface area (TPSA) is 17.1 Å². The van der Waals surface area contributed by atoms with Crippen molar-refractivity contribution in [3.8, 4) is 0 Å². The Balaban J connectivity index is 2.51. The maximum absolute atomic E-state index is 12.1. The molecule has 0 radical (unpaired) electrons. The SMILES string of the molecule is O=C[C@H]1CCC[C@@H](C(F)(F)F)C1. The van der Waals surface area contributed by atoms with E-state index < -0.39 is 12.1 Å².